The molecule has 2 rings (SSSR count). The molecule has 1 aliphatic rings. The highest BCUT2D eigenvalue weighted by atomic mass is 19.1. The molecule has 1 aliphatic heterocycles. The summed E-state index contributed by atoms with van der Waals surface area (Å²) in [6.45, 7) is -0.530. The van der Waals surface area contributed by atoms with Gasteiger partial charge in [0.15, 0.2) is 0 Å². The van der Waals surface area contributed by atoms with Gasteiger partial charge in [-0.3, -0.25) is 19.7 Å². The molecule has 0 aromatic carbocycles. The third-order valence-corrected chi connectivity index (χ3v) is 2.22. The van der Waals surface area contributed by atoms with Crippen LogP contribution in [0.3, 0.4) is 0 Å². The average Bonchev–Trinajstić information content (AvgIpc) is 2.27. The van der Waals surface area contributed by atoms with E-state index in [4.69, 9.17) is 0 Å². The van der Waals surface area contributed by atoms with Gasteiger partial charge in [-0.25, -0.2) is 4.98 Å². The van der Waals surface area contributed by atoms with E-state index < -0.39 is 23.7 Å². The van der Waals surface area contributed by atoms with Crippen molar-refractivity contribution < 1.29 is 18.8 Å². The van der Waals surface area contributed by atoms with E-state index in [0.29, 0.717) is 0 Å². The van der Waals surface area contributed by atoms with Gasteiger partial charge in [0, 0.05) is 6.20 Å². The molecule has 1 aromatic rings. The molecular formula is C10H8FN3O3. The van der Waals surface area contributed by atoms with E-state index in [9.17, 15) is 18.8 Å². The summed E-state index contributed by atoms with van der Waals surface area (Å²) >= 11 is 0. The normalized spacial score (nSPS) is 15.7. The lowest BCUT2D eigenvalue weighted by atomic mass is 10.2. The lowest BCUT2D eigenvalue weighted by Gasteiger charge is -2.25. The van der Waals surface area contributed by atoms with Crippen molar-refractivity contribution in [2.24, 2.45) is 0 Å². The second kappa shape index (κ2) is 4.28. The average molecular weight is 237 g/mol. The van der Waals surface area contributed by atoms with Gasteiger partial charge in [-0.2, -0.15) is 4.39 Å². The van der Waals surface area contributed by atoms with Crippen LogP contribution in [0.1, 0.15) is 10.4 Å². The Morgan fingerprint density at radius 1 is 1.35 bits per heavy atom. The fourth-order valence-electron chi connectivity index (χ4n) is 1.50. The number of piperazine rings is 1. The van der Waals surface area contributed by atoms with Crippen LogP contribution in [-0.2, 0) is 9.59 Å². The van der Waals surface area contributed by atoms with Gasteiger partial charge in [0.1, 0.15) is 13.1 Å². The van der Waals surface area contributed by atoms with E-state index in [1.165, 1.54) is 18.3 Å². The smallest absolute Gasteiger partial charge is 0.259 e. The van der Waals surface area contributed by atoms with Gasteiger partial charge in [0.05, 0.1) is 5.56 Å². The predicted octanol–water partition coefficient (Wildman–Crippen LogP) is -0.681. The number of carbonyl (C=O) groups is 3. The van der Waals surface area contributed by atoms with Crippen LogP contribution in [0, 0.1) is 5.95 Å². The number of hydrogen-bond donors (Lipinski definition) is 1. The number of rotatable bonds is 1. The lowest BCUT2D eigenvalue weighted by molar-refractivity contribution is -0.135. The van der Waals surface area contributed by atoms with Crippen molar-refractivity contribution in [3.05, 3.63) is 29.8 Å². The number of aromatic nitrogens is 1. The first kappa shape index (κ1) is 11.2. The third kappa shape index (κ3) is 2.27. The summed E-state index contributed by atoms with van der Waals surface area (Å²) in [7, 11) is 0. The van der Waals surface area contributed by atoms with Crippen LogP contribution in [0.5, 0.6) is 0 Å². The van der Waals surface area contributed by atoms with Crippen LogP contribution >= 0.6 is 0 Å². The quantitative estimate of drug-likeness (QED) is 0.518. The Kier molecular flexibility index (Phi) is 2.82. The van der Waals surface area contributed by atoms with E-state index >= 15 is 0 Å². The molecule has 88 valence electrons. The summed E-state index contributed by atoms with van der Waals surface area (Å²) in [6.07, 6.45) is 1.21. The first-order valence-corrected chi connectivity index (χ1v) is 4.80. The zero-order chi connectivity index (χ0) is 12.4. The molecule has 0 spiro atoms. The molecule has 1 fully saturated rings. The second-order valence-electron chi connectivity index (χ2n) is 3.47. The van der Waals surface area contributed by atoms with Crippen LogP contribution in [0.2, 0.25) is 0 Å². The number of carbonyl (C=O) groups excluding carboxylic acids is 3. The van der Waals surface area contributed by atoms with Gasteiger partial charge in [-0.05, 0) is 12.1 Å². The zero-order valence-electron chi connectivity index (χ0n) is 8.64. The highest BCUT2D eigenvalue weighted by molar-refractivity contribution is 6.05. The van der Waals surface area contributed by atoms with E-state index in [2.05, 4.69) is 4.98 Å². The van der Waals surface area contributed by atoms with Gasteiger partial charge in [-0.1, -0.05) is 0 Å². The molecule has 0 saturated carbocycles. The minimum atomic E-state index is -0.920. The topological polar surface area (TPSA) is 79.4 Å². The standard InChI is InChI=1S/C10H8FN3O3/c11-9-6(2-1-3-12-9)10(17)14-4-7(15)13-8(16)5-14/h1-3H,4-5H2,(H,13,15,16). The third-order valence-electron chi connectivity index (χ3n) is 2.22. The van der Waals surface area contributed by atoms with Crippen molar-refractivity contribution in [1.82, 2.24) is 15.2 Å². The van der Waals surface area contributed by atoms with Gasteiger partial charge in [-0.15, -0.1) is 0 Å². The first-order chi connectivity index (χ1) is 8.08. The van der Waals surface area contributed by atoms with Crippen LogP contribution in [0.25, 0.3) is 0 Å². The maximum atomic E-state index is 13.2. The molecule has 1 saturated heterocycles. The van der Waals surface area contributed by atoms with Crippen molar-refractivity contribution in [3.8, 4) is 0 Å². The van der Waals surface area contributed by atoms with Gasteiger partial charge < -0.3 is 4.90 Å². The lowest BCUT2D eigenvalue weighted by Crippen LogP contribution is -2.53. The first-order valence-electron chi connectivity index (χ1n) is 4.80. The minimum absolute atomic E-state index is 0.255. The molecule has 2 heterocycles. The molecule has 1 aromatic heterocycles. The summed E-state index contributed by atoms with van der Waals surface area (Å²) in [5.74, 6) is -2.81. The SMILES string of the molecule is O=C1CN(C(=O)c2cccnc2F)CC(=O)N1. The van der Waals surface area contributed by atoms with Crippen molar-refractivity contribution >= 4 is 17.7 Å². The monoisotopic (exact) mass is 237 g/mol. The van der Waals surface area contributed by atoms with Crippen molar-refractivity contribution in [1.29, 1.82) is 0 Å². The molecule has 0 bridgehead atoms. The number of imide groups is 1. The van der Waals surface area contributed by atoms with Gasteiger partial charge in [0.2, 0.25) is 17.8 Å². The number of halogens is 1. The molecular weight excluding hydrogens is 229 g/mol. The highest BCUT2D eigenvalue weighted by Crippen LogP contribution is 2.08. The second-order valence-corrected chi connectivity index (χ2v) is 3.47. The predicted molar refractivity (Wildman–Crippen MR) is 53.2 cm³/mol. The molecule has 0 aliphatic carbocycles. The zero-order valence-corrected chi connectivity index (χ0v) is 8.64. The van der Waals surface area contributed by atoms with E-state index in [-0.39, 0.29) is 18.7 Å². The number of nitrogens with one attached hydrogen (secondary N) is 1. The van der Waals surface area contributed by atoms with E-state index in [1.807, 2.05) is 5.32 Å². The summed E-state index contributed by atoms with van der Waals surface area (Å²) in [6, 6.07) is 2.66. The molecule has 1 N–H and O–H groups in total. The summed E-state index contributed by atoms with van der Waals surface area (Å²) in [4.78, 5) is 38.3. The number of hydrogen-bond acceptors (Lipinski definition) is 4. The Hall–Kier alpha value is -2.31. The molecule has 0 atom stereocenters. The fraction of sp³-hybridized carbons (Fsp3) is 0.200. The summed E-state index contributed by atoms with van der Waals surface area (Å²) in [5, 5.41) is 2.05. The Morgan fingerprint density at radius 2 is 2.00 bits per heavy atom. The van der Waals surface area contributed by atoms with Crippen molar-refractivity contribution in [3.63, 3.8) is 0 Å². The van der Waals surface area contributed by atoms with Gasteiger partial charge >= 0.3 is 0 Å². The van der Waals surface area contributed by atoms with E-state index in [1.54, 1.807) is 0 Å². The van der Waals surface area contributed by atoms with Gasteiger partial charge in [0.25, 0.3) is 5.91 Å². The van der Waals surface area contributed by atoms with Crippen molar-refractivity contribution in [2.45, 2.75) is 0 Å². The molecule has 7 heteroatoms. The van der Waals surface area contributed by atoms with Crippen LogP contribution in [0.4, 0.5) is 4.39 Å². The Bertz CT molecular complexity index is 487. The number of nitrogens with zero attached hydrogens (tertiary/aromatic N) is 2. The van der Waals surface area contributed by atoms with E-state index in [0.717, 1.165) is 4.90 Å². The molecule has 0 unspecified atom stereocenters. The number of amides is 3. The van der Waals surface area contributed by atoms with Crippen LogP contribution in [-0.4, -0.2) is 40.7 Å². The molecule has 3 amide bonds. The highest BCUT2D eigenvalue weighted by Gasteiger charge is 2.28. The summed E-state index contributed by atoms with van der Waals surface area (Å²) < 4.78 is 13.2. The molecule has 17 heavy (non-hydrogen) atoms. The van der Waals surface area contributed by atoms with Crippen molar-refractivity contribution in [2.75, 3.05) is 13.1 Å². The molecule has 0 radical (unpaired) electrons. The Balaban J connectivity index is 2.23. The summed E-state index contributed by atoms with van der Waals surface area (Å²) in [5.41, 5.74) is -0.255. The number of pyridine rings is 1. The Morgan fingerprint density at radius 3 is 2.59 bits per heavy atom. The Labute approximate surface area is 95.4 Å². The maximum Gasteiger partial charge on any atom is 0.259 e. The largest absolute Gasteiger partial charge is 0.320 e. The van der Waals surface area contributed by atoms with Crippen LogP contribution < -0.4 is 5.32 Å². The maximum absolute atomic E-state index is 13.2. The minimum Gasteiger partial charge on any atom is -0.320 e. The van der Waals surface area contributed by atoms with Crippen LogP contribution in [0.15, 0.2) is 18.3 Å². The fourth-order valence-corrected chi connectivity index (χ4v) is 1.50. The molecule has 6 nitrogen and oxygen atoms in total.